The number of nitrogens with two attached hydrogens (primary N) is 1. The number of carbonyl (C=O) groups is 2. The zero-order valence-electron chi connectivity index (χ0n) is 19.8. The van der Waals surface area contributed by atoms with Crippen molar-refractivity contribution in [3.8, 4) is 11.1 Å². The van der Waals surface area contributed by atoms with E-state index in [9.17, 15) is 14.7 Å². The van der Waals surface area contributed by atoms with Gasteiger partial charge in [-0.05, 0) is 66.9 Å². The summed E-state index contributed by atoms with van der Waals surface area (Å²) in [6.07, 6.45) is 0.797. The summed E-state index contributed by atoms with van der Waals surface area (Å²) in [6.45, 7) is 5.51. The third-order valence-electron chi connectivity index (χ3n) is 6.49. The number of unbranched alkanes of at least 4 members (excludes halogenated alkanes) is 1. The third-order valence-corrected chi connectivity index (χ3v) is 6.49. The van der Waals surface area contributed by atoms with Gasteiger partial charge < -0.3 is 15.7 Å². The van der Waals surface area contributed by atoms with Crippen LogP contribution < -0.4 is 15.5 Å². The lowest BCUT2D eigenvalue weighted by molar-refractivity contribution is 0.1000. The first-order valence-electron chi connectivity index (χ1n) is 12.0. The van der Waals surface area contributed by atoms with Crippen LogP contribution in [0.4, 0.5) is 16.2 Å². The summed E-state index contributed by atoms with van der Waals surface area (Å²) in [6, 6.07) is 25.0. The van der Waals surface area contributed by atoms with E-state index in [1.165, 1.54) is 10.6 Å². The van der Waals surface area contributed by atoms with Gasteiger partial charge in [-0.1, -0.05) is 42.5 Å². The highest BCUT2D eigenvalue weighted by Crippen LogP contribution is 2.25. The molecule has 2 amide bonds. The highest BCUT2D eigenvalue weighted by Gasteiger charge is 2.18. The molecule has 0 unspecified atom stereocenters. The molecule has 1 aliphatic heterocycles. The summed E-state index contributed by atoms with van der Waals surface area (Å²) < 4.78 is 0. The molecule has 7 heteroatoms. The van der Waals surface area contributed by atoms with Gasteiger partial charge in [0, 0.05) is 49.7 Å². The summed E-state index contributed by atoms with van der Waals surface area (Å²) in [7, 11) is 0. The molecular formula is C28H32N4O3. The van der Waals surface area contributed by atoms with E-state index >= 15 is 0 Å². The molecule has 7 nitrogen and oxygen atoms in total. The molecule has 1 heterocycles. The molecule has 0 spiro atoms. The summed E-state index contributed by atoms with van der Waals surface area (Å²) in [5, 5.41) is 9.75. The van der Waals surface area contributed by atoms with Crippen molar-refractivity contribution in [3.63, 3.8) is 0 Å². The zero-order valence-corrected chi connectivity index (χ0v) is 19.8. The highest BCUT2D eigenvalue weighted by atomic mass is 16.4. The lowest BCUT2D eigenvalue weighted by Gasteiger charge is -2.36. The van der Waals surface area contributed by atoms with Crippen LogP contribution in [0.3, 0.4) is 0 Å². The largest absolute Gasteiger partial charge is 0.465 e. The van der Waals surface area contributed by atoms with Crippen LogP contribution in [0.25, 0.3) is 11.1 Å². The SMILES string of the molecule is NC(=O)c1cccc(-c2ccc(N(CCCCN3CCN(c4ccccc4)CC3)C(=O)O)cc2)c1. The second-order valence-corrected chi connectivity index (χ2v) is 8.80. The standard InChI is InChI=1S/C28H32N4O3/c29-27(33)24-8-6-7-23(21-24)22-11-13-26(14-12-22)32(28(34)35)16-5-4-15-30-17-19-31(20-18-30)25-9-2-1-3-10-25/h1-3,6-14,21H,4-5,15-20H2,(H2,29,33)(H,34,35). The fourth-order valence-electron chi connectivity index (χ4n) is 4.49. The van der Waals surface area contributed by atoms with Gasteiger partial charge in [-0.2, -0.15) is 0 Å². The third kappa shape index (κ3) is 6.39. The van der Waals surface area contributed by atoms with Gasteiger partial charge in [-0.15, -0.1) is 0 Å². The zero-order chi connectivity index (χ0) is 24.6. The van der Waals surface area contributed by atoms with Crippen LogP contribution in [0.5, 0.6) is 0 Å². The monoisotopic (exact) mass is 472 g/mol. The number of carboxylic acid groups (broad SMARTS) is 1. The predicted octanol–water partition coefficient (Wildman–Crippen LogP) is 4.54. The quantitative estimate of drug-likeness (QED) is 0.446. The molecule has 0 radical (unpaired) electrons. The van der Waals surface area contributed by atoms with E-state index in [0.717, 1.165) is 56.7 Å². The van der Waals surface area contributed by atoms with E-state index in [2.05, 4.69) is 34.1 Å². The Hall–Kier alpha value is -3.84. The van der Waals surface area contributed by atoms with Gasteiger partial charge in [-0.3, -0.25) is 14.6 Å². The topological polar surface area (TPSA) is 90.1 Å². The van der Waals surface area contributed by atoms with Crippen LogP contribution in [0.1, 0.15) is 23.2 Å². The van der Waals surface area contributed by atoms with Crippen LogP contribution in [0.15, 0.2) is 78.9 Å². The molecule has 0 atom stereocenters. The summed E-state index contributed by atoms with van der Waals surface area (Å²) >= 11 is 0. The Morgan fingerprint density at radius 2 is 1.54 bits per heavy atom. The Morgan fingerprint density at radius 1 is 0.829 bits per heavy atom. The number of nitrogens with zero attached hydrogens (tertiary/aromatic N) is 3. The van der Waals surface area contributed by atoms with E-state index in [1.807, 2.05) is 36.4 Å². The number of piperazine rings is 1. The Labute approximate surface area is 206 Å². The minimum absolute atomic E-state index is 0.445. The smallest absolute Gasteiger partial charge is 0.411 e. The van der Waals surface area contributed by atoms with Crippen LogP contribution >= 0.6 is 0 Å². The Kier molecular flexibility index (Phi) is 8.00. The van der Waals surface area contributed by atoms with E-state index in [1.54, 1.807) is 18.2 Å². The molecule has 3 aromatic carbocycles. The summed E-state index contributed by atoms with van der Waals surface area (Å²) in [4.78, 5) is 29.6. The van der Waals surface area contributed by atoms with Crippen molar-refractivity contribution in [2.45, 2.75) is 12.8 Å². The summed E-state index contributed by atoms with van der Waals surface area (Å²) in [5.41, 5.74) is 9.50. The van der Waals surface area contributed by atoms with E-state index in [-0.39, 0.29) is 0 Å². The first-order chi connectivity index (χ1) is 17.0. The van der Waals surface area contributed by atoms with Crippen LogP contribution in [-0.2, 0) is 0 Å². The molecule has 35 heavy (non-hydrogen) atoms. The maximum absolute atomic E-state index is 11.9. The number of anilines is 2. The van der Waals surface area contributed by atoms with Crippen LogP contribution in [0, 0.1) is 0 Å². The van der Waals surface area contributed by atoms with Crippen LogP contribution in [-0.4, -0.2) is 61.3 Å². The minimum Gasteiger partial charge on any atom is -0.465 e. The average molecular weight is 473 g/mol. The Bertz CT molecular complexity index is 1130. The lowest BCUT2D eigenvalue weighted by Crippen LogP contribution is -2.46. The first kappa shape index (κ1) is 24.3. The van der Waals surface area contributed by atoms with Crippen molar-refractivity contribution in [2.24, 2.45) is 5.73 Å². The lowest BCUT2D eigenvalue weighted by atomic mass is 10.0. The minimum atomic E-state index is -0.954. The number of benzene rings is 3. The number of carbonyl (C=O) groups excluding carboxylic acids is 1. The van der Waals surface area contributed by atoms with Crippen molar-refractivity contribution in [2.75, 3.05) is 49.1 Å². The van der Waals surface area contributed by atoms with Crippen LogP contribution in [0.2, 0.25) is 0 Å². The summed E-state index contributed by atoms with van der Waals surface area (Å²) in [5.74, 6) is -0.474. The van der Waals surface area contributed by atoms with Crippen molar-refractivity contribution in [1.82, 2.24) is 4.90 Å². The Balaban J connectivity index is 1.26. The molecule has 0 saturated carbocycles. The van der Waals surface area contributed by atoms with Gasteiger partial charge in [0.15, 0.2) is 0 Å². The van der Waals surface area contributed by atoms with Gasteiger partial charge in [0.2, 0.25) is 5.91 Å². The molecular weight excluding hydrogens is 440 g/mol. The van der Waals surface area contributed by atoms with E-state index in [4.69, 9.17) is 5.73 Å². The van der Waals surface area contributed by atoms with Gasteiger partial charge in [0.25, 0.3) is 0 Å². The van der Waals surface area contributed by atoms with Gasteiger partial charge in [0.1, 0.15) is 0 Å². The number of amides is 2. The second kappa shape index (κ2) is 11.5. The van der Waals surface area contributed by atoms with E-state index in [0.29, 0.717) is 17.8 Å². The maximum atomic E-state index is 11.9. The molecule has 182 valence electrons. The molecule has 3 aromatic rings. The number of para-hydroxylation sites is 1. The molecule has 4 rings (SSSR count). The van der Waals surface area contributed by atoms with Crippen molar-refractivity contribution in [1.29, 1.82) is 0 Å². The first-order valence-corrected chi connectivity index (χ1v) is 12.0. The van der Waals surface area contributed by atoms with Gasteiger partial charge in [0.05, 0.1) is 0 Å². The van der Waals surface area contributed by atoms with E-state index < -0.39 is 12.0 Å². The van der Waals surface area contributed by atoms with Crippen molar-refractivity contribution in [3.05, 3.63) is 84.4 Å². The molecule has 1 aliphatic rings. The van der Waals surface area contributed by atoms with Gasteiger partial charge >= 0.3 is 6.09 Å². The number of primary amides is 1. The predicted molar refractivity (Wildman–Crippen MR) is 140 cm³/mol. The molecule has 1 fully saturated rings. The highest BCUT2D eigenvalue weighted by molar-refractivity contribution is 5.94. The molecule has 0 aliphatic carbocycles. The van der Waals surface area contributed by atoms with Crippen molar-refractivity contribution < 1.29 is 14.7 Å². The molecule has 0 bridgehead atoms. The maximum Gasteiger partial charge on any atom is 0.411 e. The Morgan fingerprint density at radius 3 is 2.20 bits per heavy atom. The average Bonchev–Trinajstić information content (AvgIpc) is 2.89. The fraction of sp³-hybridized carbons (Fsp3) is 0.286. The van der Waals surface area contributed by atoms with Gasteiger partial charge in [-0.25, -0.2) is 4.79 Å². The number of rotatable bonds is 9. The second-order valence-electron chi connectivity index (χ2n) is 8.80. The fourth-order valence-corrected chi connectivity index (χ4v) is 4.49. The number of hydrogen-bond donors (Lipinski definition) is 2. The molecule has 3 N–H and O–H groups in total. The number of hydrogen-bond acceptors (Lipinski definition) is 4. The molecule has 1 saturated heterocycles. The van der Waals surface area contributed by atoms with Crippen molar-refractivity contribution >= 4 is 23.4 Å². The normalized spacial score (nSPS) is 14.0. The molecule has 0 aromatic heterocycles.